The van der Waals surface area contributed by atoms with E-state index in [1.807, 2.05) is 13.8 Å². The fourth-order valence-electron chi connectivity index (χ4n) is 2.92. The molecule has 0 atom stereocenters. The van der Waals surface area contributed by atoms with E-state index < -0.39 is 0 Å². The molecule has 0 saturated heterocycles. The third-order valence-electron chi connectivity index (χ3n) is 4.04. The van der Waals surface area contributed by atoms with Gasteiger partial charge in [-0.15, -0.1) is 0 Å². The number of benzene rings is 1. The maximum atomic E-state index is 5.52. The van der Waals surface area contributed by atoms with Crippen LogP contribution in [0.3, 0.4) is 0 Å². The van der Waals surface area contributed by atoms with Gasteiger partial charge in [0.2, 0.25) is 0 Å². The van der Waals surface area contributed by atoms with Crippen LogP contribution in [0.4, 0.5) is 17.3 Å². The zero-order chi connectivity index (χ0) is 14.8. The van der Waals surface area contributed by atoms with Crippen molar-refractivity contribution in [3.8, 4) is 0 Å². The van der Waals surface area contributed by atoms with Gasteiger partial charge in [-0.1, -0.05) is 12.1 Å². The van der Waals surface area contributed by atoms with Crippen LogP contribution < -0.4 is 16.6 Å². The topological polar surface area (TPSA) is 75.9 Å². The Hall–Kier alpha value is -2.14. The molecule has 0 unspecified atom stereocenters. The third kappa shape index (κ3) is 2.69. The highest BCUT2D eigenvalue weighted by Crippen LogP contribution is 2.31. The van der Waals surface area contributed by atoms with E-state index in [9.17, 15) is 0 Å². The minimum atomic E-state index is 0.662. The molecule has 4 N–H and O–H groups in total. The normalized spacial score (nSPS) is 13.7. The molecule has 0 saturated carbocycles. The molecule has 1 aromatic heterocycles. The van der Waals surface area contributed by atoms with Gasteiger partial charge in [-0.2, -0.15) is 0 Å². The Kier molecular flexibility index (Phi) is 3.75. The lowest BCUT2D eigenvalue weighted by molar-refractivity contribution is 0.687. The molecule has 0 radical (unpaired) electrons. The van der Waals surface area contributed by atoms with Gasteiger partial charge >= 0.3 is 0 Å². The first kappa shape index (κ1) is 13.8. The maximum Gasteiger partial charge on any atom is 0.148 e. The summed E-state index contributed by atoms with van der Waals surface area (Å²) in [5.41, 5.74) is 7.58. The number of fused-ring (bicyclic) bond motifs is 1. The van der Waals surface area contributed by atoms with Crippen molar-refractivity contribution < 1.29 is 0 Å². The molecule has 1 aliphatic rings. The monoisotopic (exact) mass is 283 g/mol. The Bertz CT molecular complexity index is 666. The van der Waals surface area contributed by atoms with Crippen molar-refractivity contribution in [2.75, 3.05) is 10.7 Å². The van der Waals surface area contributed by atoms with Crippen LogP contribution >= 0.6 is 0 Å². The number of aromatic nitrogens is 2. The predicted octanol–water partition coefficient (Wildman–Crippen LogP) is 3.00. The van der Waals surface area contributed by atoms with Gasteiger partial charge < -0.3 is 10.7 Å². The number of aryl methyl sites for hydroxylation is 2. The van der Waals surface area contributed by atoms with Gasteiger partial charge in [0, 0.05) is 11.3 Å². The van der Waals surface area contributed by atoms with Crippen molar-refractivity contribution in [2.24, 2.45) is 5.84 Å². The fourth-order valence-corrected chi connectivity index (χ4v) is 2.92. The van der Waals surface area contributed by atoms with Crippen molar-refractivity contribution in [1.29, 1.82) is 0 Å². The molecule has 2 aromatic rings. The lowest BCUT2D eigenvalue weighted by Gasteiger charge is -2.21. The minimum absolute atomic E-state index is 0.662. The average molecular weight is 283 g/mol. The molecule has 110 valence electrons. The van der Waals surface area contributed by atoms with E-state index >= 15 is 0 Å². The molecule has 0 amide bonds. The molecular weight excluding hydrogens is 262 g/mol. The van der Waals surface area contributed by atoms with Gasteiger partial charge in [0.15, 0.2) is 0 Å². The number of hydrogen-bond acceptors (Lipinski definition) is 5. The zero-order valence-electron chi connectivity index (χ0n) is 12.5. The molecule has 0 bridgehead atoms. The molecule has 0 aliphatic heterocycles. The van der Waals surface area contributed by atoms with Crippen LogP contribution in [0.5, 0.6) is 0 Å². The Morgan fingerprint density at radius 3 is 2.62 bits per heavy atom. The van der Waals surface area contributed by atoms with Crippen molar-refractivity contribution in [1.82, 2.24) is 9.97 Å². The van der Waals surface area contributed by atoms with E-state index in [0.29, 0.717) is 11.6 Å². The molecule has 3 rings (SSSR count). The standard InChI is InChI=1S/C16H21N5/c1-10-15(18-11(2)19-16(10)21-17)20-14-9-5-7-12-6-3-4-8-13(12)14/h5,7,9H,3-4,6,8,17H2,1-2H3,(H2,18,19,20,21). The van der Waals surface area contributed by atoms with Crippen LogP contribution in [0.25, 0.3) is 0 Å². The highest BCUT2D eigenvalue weighted by molar-refractivity contribution is 5.68. The minimum Gasteiger partial charge on any atom is -0.340 e. The first-order valence-electron chi connectivity index (χ1n) is 7.38. The molecule has 0 fully saturated rings. The van der Waals surface area contributed by atoms with Crippen LogP contribution in [0.15, 0.2) is 18.2 Å². The second-order valence-electron chi connectivity index (χ2n) is 5.51. The first-order chi connectivity index (χ1) is 10.2. The van der Waals surface area contributed by atoms with Crippen LogP contribution in [0.2, 0.25) is 0 Å². The van der Waals surface area contributed by atoms with Gasteiger partial charge in [-0.25, -0.2) is 15.8 Å². The van der Waals surface area contributed by atoms with Crippen LogP contribution in [-0.4, -0.2) is 9.97 Å². The molecular formula is C16H21N5. The Morgan fingerprint density at radius 1 is 1.05 bits per heavy atom. The number of nitrogen functional groups attached to an aromatic ring is 1. The molecule has 1 aliphatic carbocycles. The van der Waals surface area contributed by atoms with Crippen LogP contribution in [0, 0.1) is 13.8 Å². The van der Waals surface area contributed by atoms with E-state index in [4.69, 9.17) is 5.84 Å². The summed E-state index contributed by atoms with van der Waals surface area (Å²) in [6, 6.07) is 6.46. The van der Waals surface area contributed by atoms with E-state index in [0.717, 1.165) is 23.5 Å². The molecule has 0 spiro atoms. The van der Waals surface area contributed by atoms with Crippen molar-refractivity contribution in [3.05, 3.63) is 40.7 Å². The third-order valence-corrected chi connectivity index (χ3v) is 4.04. The summed E-state index contributed by atoms with van der Waals surface area (Å²) in [5, 5.41) is 3.47. The number of anilines is 3. The number of nitrogens with one attached hydrogen (secondary N) is 2. The Balaban J connectivity index is 1.99. The molecule has 1 aromatic carbocycles. The van der Waals surface area contributed by atoms with E-state index in [-0.39, 0.29) is 0 Å². The van der Waals surface area contributed by atoms with E-state index in [2.05, 4.69) is 38.9 Å². The number of nitrogens with zero attached hydrogens (tertiary/aromatic N) is 2. The largest absolute Gasteiger partial charge is 0.340 e. The van der Waals surface area contributed by atoms with Crippen LogP contribution in [0.1, 0.15) is 35.4 Å². The second kappa shape index (κ2) is 5.69. The summed E-state index contributed by atoms with van der Waals surface area (Å²) >= 11 is 0. The lowest BCUT2D eigenvalue weighted by atomic mass is 9.90. The highest BCUT2D eigenvalue weighted by Gasteiger charge is 2.15. The number of hydrogen-bond donors (Lipinski definition) is 3. The summed E-state index contributed by atoms with van der Waals surface area (Å²) in [4.78, 5) is 8.80. The number of rotatable bonds is 3. The van der Waals surface area contributed by atoms with Gasteiger partial charge in [-0.3, -0.25) is 0 Å². The van der Waals surface area contributed by atoms with Crippen LogP contribution in [-0.2, 0) is 12.8 Å². The Labute approximate surface area is 125 Å². The SMILES string of the molecule is Cc1nc(NN)c(C)c(Nc2cccc3c2CCCC3)n1. The Morgan fingerprint density at radius 2 is 1.81 bits per heavy atom. The fraction of sp³-hybridized carbons (Fsp3) is 0.375. The van der Waals surface area contributed by atoms with Crippen molar-refractivity contribution >= 4 is 17.3 Å². The molecule has 21 heavy (non-hydrogen) atoms. The van der Waals surface area contributed by atoms with Crippen molar-refractivity contribution in [2.45, 2.75) is 39.5 Å². The first-order valence-corrected chi connectivity index (χ1v) is 7.38. The predicted molar refractivity (Wildman–Crippen MR) is 85.7 cm³/mol. The lowest BCUT2D eigenvalue weighted by Crippen LogP contribution is -2.13. The van der Waals surface area contributed by atoms with Gasteiger partial charge in [0.1, 0.15) is 17.5 Å². The highest BCUT2D eigenvalue weighted by atomic mass is 15.3. The van der Waals surface area contributed by atoms with E-state index in [1.165, 1.54) is 30.4 Å². The van der Waals surface area contributed by atoms with E-state index in [1.54, 1.807) is 0 Å². The van der Waals surface area contributed by atoms with Crippen molar-refractivity contribution in [3.63, 3.8) is 0 Å². The number of hydrazine groups is 1. The van der Waals surface area contributed by atoms with Gasteiger partial charge in [0.05, 0.1) is 0 Å². The second-order valence-corrected chi connectivity index (χ2v) is 5.51. The smallest absolute Gasteiger partial charge is 0.148 e. The summed E-state index contributed by atoms with van der Waals surface area (Å²) < 4.78 is 0. The maximum absolute atomic E-state index is 5.52. The summed E-state index contributed by atoms with van der Waals surface area (Å²) in [7, 11) is 0. The average Bonchev–Trinajstić information content (AvgIpc) is 2.51. The zero-order valence-corrected chi connectivity index (χ0v) is 12.5. The molecule has 5 nitrogen and oxygen atoms in total. The number of nitrogens with two attached hydrogens (primary N) is 1. The summed E-state index contributed by atoms with van der Waals surface area (Å²) in [6.45, 7) is 3.83. The molecule has 1 heterocycles. The summed E-state index contributed by atoms with van der Waals surface area (Å²) in [6.07, 6.45) is 4.83. The quantitative estimate of drug-likeness (QED) is 0.596. The molecule has 5 heteroatoms. The van der Waals surface area contributed by atoms with Gasteiger partial charge in [0.25, 0.3) is 0 Å². The van der Waals surface area contributed by atoms with Gasteiger partial charge in [-0.05, 0) is 56.7 Å². The summed E-state index contributed by atoms with van der Waals surface area (Å²) in [5.74, 6) is 7.70.